The van der Waals surface area contributed by atoms with Crippen molar-refractivity contribution in [1.82, 2.24) is 20.4 Å². The van der Waals surface area contributed by atoms with Crippen LogP contribution in [0.2, 0.25) is 0 Å². The van der Waals surface area contributed by atoms with E-state index in [9.17, 15) is 14.4 Å². The van der Waals surface area contributed by atoms with Crippen molar-refractivity contribution in [2.45, 2.75) is 11.7 Å². The van der Waals surface area contributed by atoms with E-state index in [0.717, 1.165) is 23.1 Å². The number of nitrogens with zero attached hydrogens (tertiary/aromatic N) is 2. The molecule has 0 aliphatic rings. The molecule has 1 aromatic heterocycles. The molecule has 0 aliphatic carbocycles. The first kappa shape index (κ1) is 23.1. The van der Waals surface area contributed by atoms with Gasteiger partial charge in [-0.05, 0) is 42.0 Å². The summed E-state index contributed by atoms with van der Waals surface area (Å²) in [4.78, 5) is 42.3. The maximum atomic E-state index is 13.2. The van der Waals surface area contributed by atoms with Gasteiger partial charge in [0.25, 0.3) is 11.5 Å². The van der Waals surface area contributed by atoms with Gasteiger partial charge in [-0.25, -0.2) is 4.98 Å². The van der Waals surface area contributed by atoms with Crippen molar-refractivity contribution in [2.75, 3.05) is 12.9 Å². The lowest BCUT2D eigenvalue weighted by molar-refractivity contribution is -0.119. The number of hydrazine groups is 1. The number of carbonyl (C=O) groups excluding carboxylic acids is 2. The predicted molar refractivity (Wildman–Crippen MR) is 131 cm³/mol. The van der Waals surface area contributed by atoms with Gasteiger partial charge in [-0.3, -0.25) is 29.8 Å². The second-order valence-corrected chi connectivity index (χ2v) is 8.25. The molecule has 0 saturated heterocycles. The van der Waals surface area contributed by atoms with Crippen LogP contribution >= 0.6 is 11.8 Å². The van der Waals surface area contributed by atoms with Crippen LogP contribution in [-0.4, -0.2) is 34.2 Å². The van der Waals surface area contributed by atoms with Crippen LogP contribution in [0.5, 0.6) is 5.75 Å². The number of rotatable bonds is 7. The van der Waals surface area contributed by atoms with E-state index < -0.39 is 11.8 Å². The summed E-state index contributed by atoms with van der Waals surface area (Å²) in [7, 11) is 1.59. The van der Waals surface area contributed by atoms with Crippen molar-refractivity contribution in [1.29, 1.82) is 0 Å². The highest BCUT2D eigenvalue weighted by Gasteiger charge is 2.14. The van der Waals surface area contributed by atoms with Gasteiger partial charge in [-0.1, -0.05) is 54.2 Å². The SMILES string of the molecule is COc1ccc(Cn2c(SCC(=O)NNC(=O)c3ccccc3)nc3ccccc3c2=O)cc1. The van der Waals surface area contributed by atoms with Gasteiger partial charge in [0.15, 0.2) is 5.16 Å². The number of para-hydroxylation sites is 1. The second kappa shape index (κ2) is 10.7. The monoisotopic (exact) mass is 474 g/mol. The molecule has 0 radical (unpaired) electrons. The van der Waals surface area contributed by atoms with Crippen LogP contribution < -0.4 is 21.1 Å². The molecular weight excluding hydrogens is 452 g/mol. The zero-order valence-corrected chi connectivity index (χ0v) is 19.2. The van der Waals surface area contributed by atoms with Crippen molar-refractivity contribution in [2.24, 2.45) is 0 Å². The highest BCUT2D eigenvalue weighted by atomic mass is 32.2. The zero-order chi connectivity index (χ0) is 23.9. The number of amides is 2. The van der Waals surface area contributed by atoms with E-state index in [1.54, 1.807) is 60.2 Å². The Morgan fingerprint density at radius 2 is 1.65 bits per heavy atom. The molecule has 8 nitrogen and oxygen atoms in total. The van der Waals surface area contributed by atoms with Gasteiger partial charge in [0, 0.05) is 5.56 Å². The number of benzene rings is 3. The average Bonchev–Trinajstić information content (AvgIpc) is 2.88. The molecule has 2 N–H and O–H groups in total. The van der Waals surface area contributed by atoms with Crippen LogP contribution in [-0.2, 0) is 11.3 Å². The molecule has 0 fully saturated rings. The molecule has 1 heterocycles. The summed E-state index contributed by atoms with van der Waals surface area (Å²) in [6.07, 6.45) is 0. The minimum atomic E-state index is -0.423. The third-order valence-corrected chi connectivity index (χ3v) is 5.99. The lowest BCUT2D eigenvalue weighted by atomic mass is 10.2. The minimum Gasteiger partial charge on any atom is -0.497 e. The Morgan fingerprint density at radius 1 is 0.941 bits per heavy atom. The van der Waals surface area contributed by atoms with E-state index in [-0.39, 0.29) is 17.9 Å². The van der Waals surface area contributed by atoms with E-state index >= 15 is 0 Å². The molecule has 2 amide bonds. The molecule has 0 unspecified atom stereocenters. The number of hydrogen-bond donors (Lipinski definition) is 2. The van der Waals surface area contributed by atoms with Crippen LogP contribution in [0.1, 0.15) is 15.9 Å². The highest BCUT2D eigenvalue weighted by molar-refractivity contribution is 7.99. The summed E-state index contributed by atoms with van der Waals surface area (Å²) in [5.41, 5.74) is 6.47. The summed E-state index contributed by atoms with van der Waals surface area (Å²) in [6.45, 7) is 0.287. The molecule has 9 heteroatoms. The summed E-state index contributed by atoms with van der Waals surface area (Å²) in [6, 6.07) is 23.1. The first-order chi connectivity index (χ1) is 16.5. The molecule has 0 aliphatic heterocycles. The summed E-state index contributed by atoms with van der Waals surface area (Å²) in [5, 5.41) is 0.906. The number of hydrogen-bond acceptors (Lipinski definition) is 6. The number of aromatic nitrogens is 2. The van der Waals surface area contributed by atoms with Crippen molar-refractivity contribution in [3.8, 4) is 5.75 Å². The molecule has 4 aromatic rings. The molecular formula is C25H22N4O4S. The molecule has 0 bridgehead atoms. The normalized spacial score (nSPS) is 10.6. The Morgan fingerprint density at radius 3 is 2.38 bits per heavy atom. The standard InChI is InChI=1S/C25H22N4O4S/c1-33-19-13-11-17(12-14-19)15-29-24(32)20-9-5-6-10-21(20)26-25(29)34-16-22(30)27-28-23(31)18-7-3-2-4-8-18/h2-14H,15-16H2,1H3,(H,27,30)(H,28,31). The molecule has 0 spiro atoms. The maximum Gasteiger partial charge on any atom is 0.269 e. The van der Waals surface area contributed by atoms with Gasteiger partial charge in [-0.15, -0.1) is 0 Å². The third kappa shape index (κ3) is 5.44. The molecule has 0 atom stereocenters. The first-order valence-corrected chi connectivity index (χ1v) is 11.4. The van der Waals surface area contributed by atoms with E-state index in [1.807, 2.05) is 30.3 Å². The van der Waals surface area contributed by atoms with Crippen molar-refractivity contribution in [3.63, 3.8) is 0 Å². The molecule has 172 valence electrons. The van der Waals surface area contributed by atoms with E-state index in [2.05, 4.69) is 15.8 Å². The first-order valence-electron chi connectivity index (χ1n) is 10.4. The lowest BCUT2D eigenvalue weighted by Gasteiger charge is -2.14. The molecule has 0 saturated carbocycles. The lowest BCUT2D eigenvalue weighted by Crippen LogP contribution is -2.42. The Balaban J connectivity index is 1.51. The second-order valence-electron chi connectivity index (χ2n) is 7.31. The van der Waals surface area contributed by atoms with Crippen LogP contribution in [0.25, 0.3) is 10.9 Å². The van der Waals surface area contributed by atoms with Gasteiger partial charge >= 0.3 is 0 Å². The number of fused-ring (bicyclic) bond motifs is 1. The van der Waals surface area contributed by atoms with Gasteiger partial charge < -0.3 is 4.74 Å². The fraction of sp³-hybridized carbons (Fsp3) is 0.120. The predicted octanol–water partition coefficient (Wildman–Crippen LogP) is 3.01. The van der Waals surface area contributed by atoms with Crippen LogP contribution in [0.15, 0.2) is 88.8 Å². The van der Waals surface area contributed by atoms with Crippen molar-refractivity contribution < 1.29 is 14.3 Å². The molecule has 3 aromatic carbocycles. The van der Waals surface area contributed by atoms with Crippen LogP contribution in [0.4, 0.5) is 0 Å². The van der Waals surface area contributed by atoms with Crippen LogP contribution in [0, 0.1) is 0 Å². The van der Waals surface area contributed by atoms with Crippen molar-refractivity contribution >= 4 is 34.5 Å². The largest absolute Gasteiger partial charge is 0.497 e. The quantitative estimate of drug-likeness (QED) is 0.243. The van der Waals surface area contributed by atoms with Gasteiger partial charge in [0.1, 0.15) is 5.75 Å². The number of thioether (sulfide) groups is 1. The van der Waals surface area contributed by atoms with Gasteiger partial charge in [-0.2, -0.15) is 0 Å². The van der Waals surface area contributed by atoms with Crippen molar-refractivity contribution in [3.05, 3.63) is 100 Å². The Hall–Kier alpha value is -4.11. The zero-order valence-electron chi connectivity index (χ0n) is 18.4. The van der Waals surface area contributed by atoms with Gasteiger partial charge in [0.2, 0.25) is 5.91 Å². The Bertz CT molecular complexity index is 1370. The number of nitrogens with one attached hydrogen (secondary N) is 2. The highest BCUT2D eigenvalue weighted by Crippen LogP contribution is 2.20. The Kier molecular flexibility index (Phi) is 7.24. The minimum absolute atomic E-state index is 0.0392. The summed E-state index contributed by atoms with van der Waals surface area (Å²) in [5.74, 6) is -0.161. The summed E-state index contributed by atoms with van der Waals surface area (Å²) >= 11 is 1.12. The van der Waals surface area contributed by atoms with E-state index in [4.69, 9.17) is 4.74 Å². The number of ether oxygens (including phenoxy) is 1. The van der Waals surface area contributed by atoms with Crippen LogP contribution in [0.3, 0.4) is 0 Å². The number of carbonyl (C=O) groups is 2. The van der Waals surface area contributed by atoms with Gasteiger partial charge in [0.05, 0.1) is 30.3 Å². The topological polar surface area (TPSA) is 102 Å². The third-order valence-electron chi connectivity index (χ3n) is 5.01. The number of methoxy groups -OCH3 is 1. The smallest absolute Gasteiger partial charge is 0.269 e. The fourth-order valence-corrected chi connectivity index (χ4v) is 4.06. The Labute approximate surface area is 199 Å². The maximum absolute atomic E-state index is 13.2. The average molecular weight is 475 g/mol. The van der Waals surface area contributed by atoms with E-state index in [0.29, 0.717) is 21.6 Å². The molecule has 4 rings (SSSR count). The fourth-order valence-electron chi connectivity index (χ4n) is 3.27. The van der Waals surface area contributed by atoms with E-state index in [1.165, 1.54) is 0 Å². The molecule has 34 heavy (non-hydrogen) atoms. The summed E-state index contributed by atoms with van der Waals surface area (Å²) < 4.78 is 6.74.